The molecule has 0 radical (unpaired) electrons. The van der Waals surface area contributed by atoms with E-state index in [0.29, 0.717) is 11.5 Å². The molecule has 0 unspecified atom stereocenters. The van der Waals surface area contributed by atoms with E-state index in [1.807, 2.05) is 51.1 Å². The van der Waals surface area contributed by atoms with Crippen molar-refractivity contribution in [2.45, 2.75) is 34.1 Å². The SMILES string of the molecule is C/C(CC(=O)Nc1cc(C)cc(C)c1)=N\NC(=O)COc1ccc(Br)c(C)c1. The summed E-state index contributed by atoms with van der Waals surface area (Å²) in [5, 5.41) is 6.79. The first-order valence-corrected chi connectivity index (χ1v) is 9.61. The van der Waals surface area contributed by atoms with Crippen molar-refractivity contribution in [1.82, 2.24) is 5.43 Å². The van der Waals surface area contributed by atoms with Gasteiger partial charge in [-0.2, -0.15) is 5.10 Å². The summed E-state index contributed by atoms with van der Waals surface area (Å²) in [6.45, 7) is 7.41. The van der Waals surface area contributed by atoms with Gasteiger partial charge in [0, 0.05) is 15.9 Å². The molecule has 7 heteroatoms. The molecule has 6 nitrogen and oxygen atoms in total. The van der Waals surface area contributed by atoms with Crippen LogP contribution < -0.4 is 15.5 Å². The van der Waals surface area contributed by atoms with E-state index in [0.717, 1.165) is 26.9 Å². The molecule has 0 bridgehead atoms. The Morgan fingerprint density at radius 3 is 2.36 bits per heavy atom. The van der Waals surface area contributed by atoms with Gasteiger partial charge in [-0.15, -0.1) is 0 Å². The van der Waals surface area contributed by atoms with Gasteiger partial charge in [0.1, 0.15) is 5.75 Å². The van der Waals surface area contributed by atoms with Gasteiger partial charge in [0.2, 0.25) is 5.91 Å². The number of amides is 2. The van der Waals surface area contributed by atoms with Crippen molar-refractivity contribution >= 4 is 39.1 Å². The average Bonchev–Trinajstić information content (AvgIpc) is 2.60. The topological polar surface area (TPSA) is 79.8 Å². The van der Waals surface area contributed by atoms with Crippen molar-refractivity contribution in [3.05, 3.63) is 57.6 Å². The first-order valence-electron chi connectivity index (χ1n) is 8.82. The zero-order valence-corrected chi connectivity index (χ0v) is 18.0. The van der Waals surface area contributed by atoms with Gasteiger partial charge in [-0.3, -0.25) is 9.59 Å². The number of hydrazone groups is 1. The number of ether oxygens (including phenoxy) is 1. The fourth-order valence-corrected chi connectivity index (χ4v) is 2.82. The molecule has 0 heterocycles. The van der Waals surface area contributed by atoms with Crippen LogP contribution in [0.3, 0.4) is 0 Å². The number of aryl methyl sites for hydroxylation is 3. The molecule has 0 aliphatic rings. The maximum Gasteiger partial charge on any atom is 0.277 e. The van der Waals surface area contributed by atoms with Crippen LogP contribution in [0.25, 0.3) is 0 Å². The Balaban J connectivity index is 1.79. The normalized spacial score (nSPS) is 11.1. The van der Waals surface area contributed by atoms with Crippen LogP contribution >= 0.6 is 15.9 Å². The first-order chi connectivity index (χ1) is 13.2. The zero-order valence-electron chi connectivity index (χ0n) is 16.4. The molecule has 0 saturated carbocycles. The maximum atomic E-state index is 12.1. The Kier molecular flexibility index (Phi) is 7.75. The van der Waals surface area contributed by atoms with Crippen molar-refractivity contribution in [3.8, 4) is 5.75 Å². The Bertz CT molecular complexity index is 890. The predicted molar refractivity (Wildman–Crippen MR) is 115 cm³/mol. The van der Waals surface area contributed by atoms with Crippen molar-refractivity contribution in [3.63, 3.8) is 0 Å². The molecule has 2 aromatic rings. The number of carbonyl (C=O) groups is 2. The van der Waals surface area contributed by atoms with E-state index >= 15 is 0 Å². The first kappa shape index (κ1) is 21.6. The Morgan fingerprint density at radius 2 is 1.71 bits per heavy atom. The quantitative estimate of drug-likeness (QED) is 0.493. The van der Waals surface area contributed by atoms with Crippen LogP contribution in [-0.2, 0) is 9.59 Å². The Morgan fingerprint density at radius 1 is 1.04 bits per heavy atom. The molecule has 28 heavy (non-hydrogen) atoms. The van der Waals surface area contributed by atoms with E-state index in [-0.39, 0.29) is 18.9 Å². The molecular weight excluding hydrogens is 422 g/mol. The number of halogens is 1. The molecule has 0 saturated heterocycles. The van der Waals surface area contributed by atoms with E-state index in [2.05, 4.69) is 31.8 Å². The molecule has 2 amide bonds. The predicted octanol–water partition coefficient (Wildman–Crippen LogP) is 4.27. The van der Waals surface area contributed by atoms with Crippen LogP contribution in [0.5, 0.6) is 5.75 Å². The monoisotopic (exact) mass is 445 g/mol. The number of nitrogens with one attached hydrogen (secondary N) is 2. The second-order valence-electron chi connectivity index (χ2n) is 6.68. The summed E-state index contributed by atoms with van der Waals surface area (Å²) in [6.07, 6.45) is 0.0834. The number of hydrogen-bond donors (Lipinski definition) is 2. The fourth-order valence-electron chi connectivity index (χ4n) is 2.57. The van der Waals surface area contributed by atoms with E-state index < -0.39 is 5.91 Å². The third-order valence-electron chi connectivity index (χ3n) is 3.79. The summed E-state index contributed by atoms with van der Waals surface area (Å²) in [5.74, 6) is 0.0149. The van der Waals surface area contributed by atoms with Crippen LogP contribution in [0.1, 0.15) is 30.0 Å². The summed E-state index contributed by atoms with van der Waals surface area (Å²) in [4.78, 5) is 24.0. The lowest BCUT2D eigenvalue weighted by Gasteiger charge is -2.08. The maximum absolute atomic E-state index is 12.1. The zero-order chi connectivity index (χ0) is 20.7. The summed E-state index contributed by atoms with van der Waals surface area (Å²) in [5.41, 5.74) is 6.81. The van der Waals surface area contributed by atoms with Gasteiger partial charge in [-0.1, -0.05) is 22.0 Å². The highest BCUT2D eigenvalue weighted by molar-refractivity contribution is 9.10. The van der Waals surface area contributed by atoms with Gasteiger partial charge in [0.25, 0.3) is 5.91 Å². The van der Waals surface area contributed by atoms with Gasteiger partial charge in [0.05, 0.1) is 6.42 Å². The minimum atomic E-state index is -0.394. The Hall–Kier alpha value is -2.67. The van der Waals surface area contributed by atoms with E-state index in [4.69, 9.17) is 4.74 Å². The smallest absolute Gasteiger partial charge is 0.277 e. The highest BCUT2D eigenvalue weighted by Crippen LogP contribution is 2.21. The lowest BCUT2D eigenvalue weighted by Crippen LogP contribution is -2.26. The number of rotatable bonds is 7. The number of hydrogen-bond acceptors (Lipinski definition) is 4. The van der Waals surface area contributed by atoms with Crippen molar-refractivity contribution in [1.29, 1.82) is 0 Å². The number of benzene rings is 2. The van der Waals surface area contributed by atoms with Gasteiger partial charge >= 0.3 is 0 Å². The molecule has 0 atom stereocenters. The molecule has 0 aliphatic carbocycles. The summed E-state index contributed by atoms with van der Waals surface area (Å²) in [6, 6.07) is 11.3. The van der Waals surface area contributed by atoms with Gasteiger partial charge < -0.3 is 10.1 Å². The standard InChI is InChI=1S/C21H24BrN3O3/c1-13-7-14(2)9-17(8-13)23-20(26)11-16(4)24-25-21(27)12-28-18-5-6-19(22)15(3)10-18/h5-10H,11-12H2,1-4H3,(H,23,26)(H,25,27)/b24-16+. The van der Waals surface area contributed by atoms with Gasteiger partial charge in [-0.05, 0) is 74.7 Å². The highest BCUT2D eigenvalue weighted by atomic mass is 79.9. The minimum Gasteiger partial charge on any atom is -0.484 e. The lowest BCUT2D eigenvalue weighted by molar-refractivity contribution is -0.123. The number of carbonyl (C=O) groups excluding carboxylic acids is 2. The van der Waals surface area contributed by atoms with E-state index in [1.54, 1.807) is 13.0 Å². The average molecular weight is 446 g/mol. The molecule has 148 valence electrons. The van der Waals surface area contributed by atoms with Crippen LogP contribution in [0.4, 0.5) is 5.69 Å². The summed E-state index contributed by atoms with van der Waals surface area (Å²) < 4.78 is 6.41. The second-order valence-corrected chi connectivity index (χ2v) is 7.54. The van der Waals surface area contributed by atoms with E-state index in [1.165, 1.54) is 0 Å². The molecule has 2 rings (SSSR count). The molecular formula is C21H24BrN3O3. The molecule has 0 aromatic heterocycles. The van der Waals surface area contributed by atoms with Crippen LogP contribution in [0.15, 0.2) is 46.0 Å². The molecule has 0 fully saturated rings. The van der Waals surface area contributed by atoms with Gasteiger partial charge in [-0.25, -0.2) is 5.43 Å². The molecule has 0 aliphatic heterocycles. The summed E-state index contributed by atoms with van der Waals surface area (Å²) in [7, 11) is 0. The van der Waals surface area contributed by atoms with Crippen molar-refractivity contribution < 1.29 is 14.3 Å². The summed E-state index contributed by atoms with van der Waals surface area (Å²) >= 11 is 3.41. The third kappa shape index (κ3) is 7.15. The van der Waals surface area contributed by atoms with Gasteiger partial charge in [0.15, 0.2) is 6.61 Å². The Labute approximate surface area is 173 Å². The fraction of sp³-hybridized carbons (Fsp3) is 0.286. The van der Waals surface area contributed by atoms with Crippen LogP contribution in [0.2, 0.25) is 0 Å². The number of anilines is 1. The van der Waals surface area contributed by atoms with Crippen LogP contribution in [0, 0.1) is 20.8 Å². The number of nitrogens with zero attached hydrogens (tertiary/aromatic N) is 1. The second kappa shape index (κ2) is 10.0. The van der Waals surface area contributed by atoms with Crippen molar-refractivity contribution in [2.24, 2.45) is 5.10 Å². The largest absolute Gasteiger partial charge is 0.484 e. The van der Waals surface area contributed by atoms with E-state index in [9.17, 15) is 9.59 Å². The molecule has 0 spiro atoms. The minimum absolute atomic E-state index is 0.0834. The van der Waals surface area contributed by atoms with Crippen LogP contribution in [-0.4, -0.2) is 24.1 Å². The third-order valence-corrected chi connectivity index (χ3v) is 4.68. The highest BCUT2D eigenvalue weighted by Gasteiger charge is 2.07. The molecule has 2 aromatic carbocycles. The molecule has 2 N–H and O–H groups in total. The van der Waals surface area contributed by atoms with Crippen molar-refractivity contribution in [2.75, 3.05) is 11.9 Å². The lowest BCUT2D eigenvalue weighted by atomic mass is 10.1.